The maximum atomic E-state index is 12.0. The predicted octanol–water partition coefficient (Wildman–Crippen LogP) is 2.93. The van der Waals surface area contributed by atoms with Crippen LogP contribution in [-0.4, -0.2) is 99.0 Å². The molecule has 256 valence electrons. The van der Waals surface area contributed by atoms with Crippen molar-refractivity contribution < 1.29 is 44.8 Å². The highest BCUT2D eigenvalue weighted by Crippen LogP contribution is 2.79. The highest BCUT2D eigenvalue weighted by atomic mass is 16.7. The van der Waals surface area contributed by atoms with Crippen molar-refractivity contribution in [2.24, 2.45) is 50.2 Å². The molecule has 45 heavy (non-hydrogen) atoms. The van der Waals surface area contributed by atoms with E-state index in [1.54, 1.807) is 0 Å². The molecule has 9 nitrogen and oxygen atoms in total. The third kappa shape index (κ3) is 3.99. The van der Waals surface area contributed by atoms with E-state index in [2.05, 4.69) is 53.7 Å². The van der Waals surface area contributed by atoms with Crippen LogP contribution in [0.15, 0.2) is 12.2 Å². The van der Waals surface area contributed by atoms with E-state index in [4.69, 9.17) is 14.2 Å². The van der Waals surface area contributed by atoms with Gasteiger partial charge in [-0.3, -0.25) is 0 Å². The molecule has 16 atom stereocenters. The minimum absolute atomic E-state index is 0.102. The van der Waals surface area contributed by atoms with Crippen LogP contribution in [0.5, 0.6) is 0 Å². The molecule has 0 aromatic rings. The third-order valence-corrected chi connectivity index (χ3v) is 15.8. The van der Waals surface area contributed by atoms with Crippen LogP contribution >= 0.6 is 0 Å². The largest absolute Gasteiger partial charge is 0.396 e. The number of hydrogen-bond acceptors (Lipinski definition) is 9. The highest BCUT2D eigenvalue weighted by Gasteiger charge is 2.79. The van der Waals surface area contributed by atoms with E-state index < -0.39 is 54.4 Å². The van der Waals surface area contributed by atoms with E-state index in [0.717, 1.165) is 44.9 Å². The Morgan fingerprint density at radius 2 is 1.56 bits per heavy atom. The first kappa shape index (κ1) is 32.9. The number of rotatable bonds is 4. The van der Waals surface area contributed by atoms with E-state index in [-0.39, 0.29) is 57.5 Å². The maximum absolute atomic E-state index is 12.0. The van der Waals surface area contributed by atoms with E-state index >= 15 is 0 Å². The van der Waals surface area contributed by atoms with Crippen molar-refractivity contribution in [1.29, 1.82) is 0 Å². The number of hydrogen-bond donors (Lipinski definition) is 6. The fourth-order valence-corrected chi connectivity index (χ4v) is 12.9. The second kappa shape index (κ2) is 10.2. The van der Waals surface area contributed by atoms with Crippen LogP contribution in [0.25, 0.3) is 0 Å². The van der Waals surface area contributed by atoms with Crippen LogP contribution < -0.4 is 0 Å². The molecule has 6 fully saturated rings. The first-order valence-corrected chi connectivity index (χ1v) is 17.6. The Morgan fingerprint density at radius 1 is 0.822 bits per heavy atom. The molecule has 7 rings (SSSR count). The average Bonchev–Trinajstić information content (AvgIpc) is 3.26. The summed E-state index contributed by atoms with van der Waals surface area (Å²) in [5, 5.41) is 64.2. The summed E-state index contributed by atoms with van der Waals surface area (Å²) >= 11 is 0. The molecule has 2 heterocycles. The Morgan fingerprint density at radius 3 is 2.24 bits per heavy atom. The van der Waals surface area contributed by atoms with Crippen molar-refractivity contribution in [2.75, 3.05) is 19.8 Å². The summed E-state index contributed by atoms with van der Waals surface area (Å²) in [5.74, 6) is 0.594. The quantitative estimate of drug-likeness (QED) is 0.203. The van der Waals surface area contributed by atoms with Gasteiger partial charge >= 0.3 is 0 Å². The zero-order valence-electron chi connectivity index (χ0n) is 28.1. The fraction of sp³-hybridized carbons (Fsp3) is 0.944. The van der Waals surface area contributed by atoms with Crippen molar-refractivity contribution in [1.82, 2.24) is 0 Å². The molecule has 1 spiro atoms. The van der Waals surface area contributed by atoms with Crippen LogP contribution in [0.4, 0.5) is 0 Å². The van der Waals surface area contributed by atoms with Gasteiger partial charge < -0.3 is 44.8 Å². The van der Waals surface area contributed by atoms with E-state index in [1.807, 2.05) is 0 Å². The molecule has 6 N–H and O–H groups in total. The highest BCUT2D eigenvalue weighted by molar-refractivity contribution is 5.36. The zero-order chi connectivity index (χ0) is 32.6. The van der Waals surface area contributed by atoms with Crippen LogP contribution in [0.2, 0.25) is 0 Å². The molecule has 0 amide bonds. The number of aliphatic hydroxyl groups is 6. The molecule has 2 aliphatic heterocycles. The summed E-state index contributed by atoms with van der Waals surface area (Å²) in [5.41, 5.74) is -1.57. The van der Waals surface area contributed by atoms with Gasteiger partial charge in [0.15, 0.2) is 6.29 Å². The molecule has 7 aliphatic rings. The second-order valence-corrected chi connectivity index (χ2v) is 18.2. The summed E-state index contributed by atoms with van der Waals surface area (Å²) < 4.78 is 19.2. The zero-order valence-corrected chi connectivity index (χ0v) is 28.1. The molecule has 0 aromatic heterocycles. The summed E-state index contributed by atoms with van der Waals surface area (Å²) in [6, 6.07) is 0. The first-order chi connectivity index (χ1) is 21.0. The molecule has 2 bridgehead atoms. The number of aliphatic hydroxyl groups excluding tert-OH is 6. The molecule has 9 heteroatoms. The van der Waals surface area contributed by atoms with Crippen molar-refractivity contribution in [3.63, 3.8) is 0 Å². The van der Waals surface area contributed by atoms with Gasteiger partial charge in [-0.05, 0) is 79.4 Å². The molecule has 2 saturated heterocycles. The van der Waals surface area contributed by atoms with Gasteiger partial charge in [-0.1, -0.05) is 53.7 Å². The van der Waals surface area contributed by atoms with Gasteiger partial charge in [0.05, 0.1) is 37.6 Å². The van der Waals surface area contributed by atoms with Gasteiger partial charge in [0.1, 0.15) is 24.4 Å². The number of ether oxygens (including phenoxy) is 3. The molecule has 0 aromatic carbocycles. The van der Waals surface area contributed by atoms with Crippen LogP contribution in [-0.2, 0) is 14.2 Å². The van der Waals surface area contributed by atoms with Gasteiger partial charge in [0, 0.05) is 22.2 Å². The molecule has 5 aliphatic carbocycles. The SMILES string of the molecule is CC1(C)CC[C@]23CO[C@@]4(C=CC5[C@@]6(C)CC[C@H](O[C@@H]7O[C@H](CO)[C@@H](O)[C@H](O)[C@H]7O)[C@@](C)(CO)[C@@H]6CC[C@@]5(C)[C@]4(C)C[C@@H]2O)[C@@H]3C1. The topological polar surface area (TPSA) is 149 Å². The van der Waals surface area contributed by atoms with Crippen LogP contribution in [0.1, 0.15) is 92.9 Å². The summed E-state index contributed by atoms with van der Waals surface area (Å²) in [7, 11) is 0. The minimum atomic E-state index is -1.51. The summed E-state index contributed by atoms with van der Waals surface area (Å²) in [6.45, 7) is 14.1. The second-order valence-electron chi connectivity index (χ2n) is 18.2. The van der Waals surface area contributed by atoms with Crippen molar-refractivity contribution in [3.05, 3.63) is 12.2 Å². The standard InChI is InChI=1S/C36H58O9/c1-30(2)13-14-35-19-43-36(23(35)15-30)12-8-22-31(3)10-9-25(45-29-28(42)27(41)26(40)20(17-37)44-29)32(4,18-38)21(31)7-11-33(22,5)34(36,6)16-24(35)39/h8,12,20-29,37-42H,7,9-11,13-19H2,1-6H3/t20-,21-,22?,23-,24+,25+,26-,27+,28-,29+,31+,32+,33-,34+,35-,36+/m1/s1. The average molecular weight is 635 g/mol. The molecule has 4 saturated carbocycles. The summed E-state index contributed by atoms with van der Waals surface area (Å²) in [4.78, 5) is 0. The van der Waals surface area contributed by atoms with Crippen molar-refractivity contribution in [2.45, 2.75) is 141 Å². The smallest absolute Gasteiger partial charge is 0.186 e. The normalized spacial score (nSPS) is 59.9. The van der Waals surface area contributed by atoms with Crippen LogP contribution in [0.3, 0.4) is 0 Å². The van der Waals surface area contributed by atoms with Gasteiger partial charge in [0.2, 0.25) is 0 Å². The van der Waals surface area contributed by atoms with Gasteiger partial charge in [0.25, 0.3) is 0 Å². The maximum Gasteiger partial charge on any atom is 0.186 e. The lowest BCUT2D eigenvalue weighted by Crippen LogP contribution is -2.72. The Bertz CT molecular complexity index is 1210. The number of fused-ring (bicyclic) bond motifs is 4. The first-order valence-electron chi connectivity index (χ1n) is 17.6. The van der Waals surface area contributed by atoms with Gasteiger partial charge in [-0.25, -0.2) is 0 Å². The Balaban J connectivity index is 1.22. The monoisotopic (exact) mass is 634 g/mol. The van der Waals surface area contributed by atoms with E-state index in [1.165, 1.54) is 0 Å². The summed E-state index contributed by atoms with van der Waals surface area (Å²) in [6.07, 6.45) is 4.55. The lowest BCUT2D eigenvalue weighted by atomic mass is 9.32. The van der Waals surface area contributed by atoms with Gasteiger partial charge in [-0.15, -0.1) is 0 Å². The Labute approximate surface area is 268 Å². The minimum Gasteiger partial charge on any atom is -0.396 e. The molecule has 1 unspecified atom stereocenters. The fourth-order valence-electron chi connectivity index (χ4n) is 12.9. The lowest BCUT2D eigenvalue weighted by molar-refractivity contribution is -0.334. The molecular formula is C36H58O9. The van der Waals surface area contributed by atoms with Crippen molar-refractivity contribution >= 4 is 0 Å². The van der Waals surface area contributed by atoms with Crippen LogP contribution in [0, 0.1) is 50.2 Å². The lowest BCUT2D eigenvalue weighted by Gasteiger charge is -2.73. The van der Waals surface area contributed by atoms with E-state index in [0.29, 0.717) is 13.0 Å². The molecular weight excluding hydrogens is 576 g/mol. The van der Waals surface area contributed by atoms with Gasteiger partial charge in [-0.2, -0.15) is 0 Å². The Kier molecular flexibility index (Phi) is 7.46. The number of allylic oxidation sites excluding steroid dienone is 1. The predicted molar refractivity (Wildman–Crippen MR) is 166 cm³/mol. The van der Waals surface area contributed by atoms with E-state index in [9.17, 15) is 30.6 Å². The molecule has 0 radical (unpaired) electrons. The third-order valence-electron chi connectivity index (χ3n) is 15.8. The Hall–Kier alpha value is -0.620. The van der Waals surface area contributed by atoms with Crippen molar-refractivity contribution in [3.8, 4) is 0 Å².